The van der Waals surface area contributed by atoms with Crippen molar-refractivity contribution in [3.8, 4) is 5.69 Å². The Morgan fingerprint density at radius 2 is 2.07 bits per heavy atom. The number of hydrogen-bond acceptors (Lipinski definition) is 5. The van der Waals surface area contributed by atoms with E-state index in [2.05, 4.69) is 23.5 Å². The maximum absolute atomic E-state index is 4.28. The fourth-order valence-corrected chi connectivity index (χ4v) is 2.28. The average Bonchev–Trinajstić information content (AvgIpc) is 2.88. The Morgan fingerprint density at radius 3 is 2.93 bits per heavy atom. The van der Waals surface area contributed by atoms with Gasteiger partial charge in [0, 0.05) is 0 Å². The number of tetrazole rings is 1. The minimum absolute atomic E-state index is 0.0154. The average molecular weight is 251 g/mol. The molecule has 0 N–H and O–H groups in total. The summed E-state index contributed by atoms with van der Waals surface area (Å²) < 4.78 is 10.1. The van der Waals surface area contributed by atoms with E-state index in [1.54, 1.807) is 11.0 Å². The summed E-state index contributed by atoms with van der Waals surface area (Å²) in [5.74, 6) is 0. The molecule has 0 unspecified atom stereocenters. The number of benzene rings is 1. The van der Waals surface area contributed by atoms with E-state index < -0.39 is 0 Å². The second-order valence-corrected chi connectivity index (χ2v) is 3.80. The van der Waals surface area contributed by atoms with Crippen molar-refractivity contribution in [1.82, 2.24) is 28.2 Å². The van der Waals surface area contributed by atoms with Crippen LogP contribution in [0.15, 0.2) is 24.5 Å². The first kappa shape index (κ1) is 7.78. The molecule has 1 aromatic carbocycles. The summed E-state index contributed by atoms with van der Waals surface area (Å²) in [7, 11) is 0. The van der Waals surface area contributed by atoms with Gasteiger partial charge in [-0.15, -0.1) is 0 Å². The van der Waals surface area contributed by atoms with E-state index in [-0.39, 0.29) is 15.0 Å². The van der Waals surface area contributed by atoms with Crippen LogP contribution < -0.4 is 0 Å². The zero-order chi connectivity index (χ0) is 9.38. The Kier molecular flexibility index (Phi) is 1.65. The van der Waals surface area contributed by atoms with Crippen LogP contribution in [0.2, 0.25) is 0 Å². The first-order valence-electron chi connectivity index (χ1n) is 3.89. The molecule has 7 heteroatoms. The quantitative estimate of drug-likeness (QED) is 0.553. The maximum atomic E-state index is 4.28. The molecule has 0 bridgehead atoms. The van der Waals surface area contributed by atoms with Gasteiger partial charge in [0.2, 0.25) is 0 Å². The number of rotatable bonds is 1. The molecule has 0 aliphatic carbocycles. The van der Waals surface area contributed by atoms with Crippen LogP contribution in [0.4, 0.5) is 0 Å². The van der Waals surface area contributed by atoms with Crippen molar-refractivity contribution in [2.45, 2.75) is 0 Å². The van der Waals surface area contributed by atoms with Crippen LogP contribution in [-0.2, 0) is 0 Å². The van der Waals surface area contributed by atoms with Gasteiger partial charge in [-0.2, -0.15) is 0 Å². The number of aromatic nitrogens is 6. The van der Waals surface area contributed by atoms with Crippen molar-refractivity contribution < 1.29 is 0 Å². The van der Waals surface area contributed by atoms with E-state index in [1.807, 2.05) is 18.2 Å². The molecule has 0 aliphatic heterocycles. The van der Waals surface area contributed by atoms with Gasteiger partial charge in [-0.05, 0) is 0 Å². The molecule has 0 atom stereocenters. The molecule has 0 spiro atoms. The zero-order valence-corrected chi connectivity index (χ0v) is 8.61. The molecule has 68 valence electrons. The summed E-state index contributed by atoms with van der Waals surface area (Å²) >= 11 is 0.0154. The molecule has 2 aromatic heterocycles. The molecular formula is C7H4N6Se. The van der Waals surface area contributed by atoms with E-state index in [9.17, 15) is 0 Å². The van der Waals surface area contributed by atoms with E-state index in [1.165, 1.54) is 0 Å². The molecule has 6 nitrogen and oxygen atoms in total. The molecule has 0 amide bonds. The molecule has 0 saturated heterocycles. The van der Waals surface area contributed by atoms with Crippen LogP contribution in [0.1, 0.15) is 0 Å². The van der Waals surface area contributed by atoms with E-state index in [0.29, 0.717) is 0 Å². The Labute approximate surface area is 84.8 Å². The molecule has 2 heterocycles. The first-order valence-corrected chi connectivity index (χ1v) is 5.42. The van der Waals surface area contributed by atoms with Crippen molar-refractivity contribution in [3.63, 3.8) is 0 Å². The van der Waals surface area contributed by atoms with E-state index >= 15 is 0 Å². The second-order valence-electron chi connectivity index (χ2n) is 2.69. The minimum atomic E-state index is 0.0154. The predicted molar refractivity (Wildman–Crippen MR) is 49.2 cm³/mol. The normalized spacial score (nSPS) is 10.9. The van der Waals surface area contributed by atoms with Crippen molar-refractivity contribution in [3.05, 3.63) is 24.5 Å². The van der Waals surface area contributed by atoms with Crippen molar-refractivity contribution in [2.75, 3.05) is 0 Å². The van der Waals surface area contributed by atoms with E-state index in [0.717, 1.165) is 16.7 Å². The monoisotopic (exact) mass is 252 g/mol. The summed E-state index contributed by atoms with van der Waals surface area (Å²) in [5.41, 5.74) is 2.80. The Bertz CT molecular complexity index is 556. The summed E-state index contributed by atoms with van der Waals surface area (Å²) in [6.45, 7) is 0. The molecular weight excluding hydrogens is 247 g/mol. The van der Waals surface area contributed by atoms with Gasteiger partial charge < -0.3 is 0 Å². The van der Waals surface area contributed by atoms with Gasteiger partial charge in [0.25, 0.3) is 0 Å². The van der Waals surface area contributed by atoms with Crippen LogP contribution in [0.5, 0.6) is 0 Å². The predicted octanol–water partition coefficient (Wildman–Crippen LogP) is -0.338. The molecule has 0 aliphatic rings. The third kappa shape index (κ3) is 1.14. The molecule has 14 heavy (non-hydrogen) atoms. The SMILES string of the molecule is c1cc2n[se]nc2cc1-n1cnnn1. The van der Waals surface area contributed by atoms with Crippen molar-refractivity contribution >= 4 is 26.0 Å². The second kappa shape index (κ2) is 2.97. The first-order chi connectivity index (χ1) is 6.93. The fraction of sp³-hybridized carbons (Fsp3) is 0. The van der Waals surface area contributed by atoms with Gasteiger partial charge in [0.05, 0.1) is 0 Å². The van der Waals surface area contributed by atoms with Gasteiger partial charge in [0.15, 0.2) is 0 Å². The van der Waals surface area contributed by atoms with Crippen molar-refractivity contribution in [1.29, 1.82) is 0 Å². The molecule has 0 fully saturated rings. The molecule has 3 aromatic rings. The van der Waals surface area contributed by atoms with Crippen LogP contribution in [0, 0.1) is 0 Å². The fourth-order valence-electron chi connectivity index (χ4n) is 1.19. The molecule has 3 rings (SSSR count). The number of fused-ring (bicyclic) bond motifs is 1. The third-order valence-electron chi connectivity index (χ3n) is 1.85. The summed E-state index contributed by atoms with van der Waals surface area (Å²) in [5, 5.41) is 10.9. The van der Waals surface area contributed by atoms with Crippen LogP contribution in [-0.4, -0.2) is 43.1 Å². The van der Waals surface area contributed by atoms with Crippen molar-refractivity contribution in [2.24, 2.45) is 0 Å². The van der Waals surface area contributed by atoms with Crippen LogP contribution in [0.25, 0.3) is 16.7 Å². The standard InChI is InChI=1S/C7H4N6Se/c1-2-6-7(10-14-9-6)3-5(1)13-4-8-11-12-13/h1-4H. The zero-order valence-electron chi connectivity index (χ0n) is 6.90. The summed E-state index contributed by atoms with van der Waals surface area (Å²) in [4.78, 5) is 0. The van der Waals surface area contributed by atoms with Crippen LogP contribution >= 0.6 is 0 Å². The summed E-state index contributed by atoms with van der Waals surface area (Å²) in [6.07, 6.45) is 1.55. The Hall–Kier alpha value is -1.59. The number of hydrogen-bond donors (Lipinski definition) is 0. The topological polar surface area (TPSA) is 69.4 Å². The Balaban J connectivity index is 2.23. The van der Waals surface area contributed by atoms with E-state index in [4.69, 9.17) is 0 Å². The van der Waals surface area contributed by atoms with Crippen LogP contribution in [0.3, 0.4) is 0 Å². The van der Waals surface area contributed by atoms with Gasteiger partial charge in [0.1, 0.15) is 0 Å². The molecule has 0 saturated carbocycles. The van der Waals surface area contributed by atoms with Gasteiger partial charge in [-0.1, -0.05) is 0 Å². The van der Waals surface area contributed by atoms with Gasteiger partial charge in [-0.3, -0.25) is 0 Å². The molecule has 0 radical (unpaired) electrons. The third-order valence-corrected chi connectivity index (χ3v) is 3.02. The van der Waals surface area contributed by atoms with Gasteiger partial charge in [-0.25, -0.2) is 0 Å². The Morgan fingerprint density at radius 1 is 1.14 bits per heavy atom. The number of nitrogens with zero attached hydrogens (tertiary/aromatic N) is 6. The van der Waals surface area contributed by atoms with Gasteiger partial charge >= 0.3 is 84.4 Å². The summed E-state index contributed by atoms with van der Waals surface area (Å²) in [6, 6.07) is 5.80.